The average molecular weight is 260 g/mol. The molecule has 0 atom stereocenters. The summed E-state index contributed by atoms with van der Waals surface area (Å²) in [6.07, 6.45) is 2.96. The standard InChI is InChI=1S/C12H12N4O3/c1-16-10(4-5-15-16)11(17)14-7-8-2-3-9(12(18)19)13-6-8/h2-6H,7H2,1H3,(H,14,17)(H,18,19). The predicted molar refractivity (Wildman–Crippen MR) is 65.6 cm³/mol. The second-order valence-corrected chi connectivity index (χ2v) is 3.88. The number of amides is 1. The van der Waals surface area contributed by atoms with Gasteiger partial charge in [-0.25, -0.2) is 9.78 Å². The van der Waals surface area contributed by atoms with Gasteiger partial charge in [0, 0.05) is 26.0 Å². The molecule has 0 spiro atoms. The fourth-order valence-electron chi connectivity index (χ4n) is 1.53. The van der Waals surface area contributed by atoms with Gasteiger partial charge in [-0.1, -0.05) is 6.07 Å². The summed E-state index contributed by atoms with van der Waals surface area (Å²) in [6.45, 7) is 0.275. The summed E-state index contributed by atoms with van der Waals surface area (Å²) in [5.74, 6) is -1.33. The minimum Gasteiger partial charge on any atom is -0.477 e. The maximum absolute atomic E-state index is 11.8. The quantitative estimate of drug-likeness (QED) is 0.831. The maximum Gasteiger partial charge on any atom is 0.354 e. The van der Waals surface area contributed by atoms with E-state index < -0.39 is 5.97 Å². The van der Waals surface area contributed by atoms with Gasteiger partial charge in [-0.3, -0.25) is 9.48 Å². The van der Waals surface area contributed by atoms with Crippen molar-refractivity contribution >= 4 is 11.9 Å². The third-order valence-corrected chi connectivity index (χ3v) is 2.55. The third kappa shape index (κ3) is 2.95. The molecule has 19 heavy (non-hydrogen) atoms. The lowest BCUT2D eigenvalue weighted by Gasteiger charge is -2.05. The molecular formula is C12H12N4O3. The smallest absolute Gasteiger partial charge is 0.354 e. The molecule has 2 aromatic heterocycles. The molecule has 2 heterocycles. The van der Waals surface area contributed by atoms with Crippen LogP contribution in [0.15, 0.2) is 30.6 Å². The molecule has 98 valence electrons. The number of carbonyl (C=O) groups is 2. The molecule has 0 fully saturated rings. The van der Waals surface area contributed by atoms with E-state index in [4.69, 9.17) is 5.11 Å². The number of hydrogen-bond donors (Lipinski definition) is 2. The number of nitrogens with zero attached hydrogens (tertiary/aromatic N) is 3. The van der Waals surface area contributed by atoms with E-state index in [1.807, 2.05) is 0 Å². The monoisotopic (exact) mass is 260 g/mol. The summed E-state index contributed by atoms with van der Waals surface area (Å²) in [6, 6.07) is 4.62. The molecule has 0 bridgehead atoms. The number of rotatable bonds is 4. The minimum atomic E-state index is -1.08. The summed E-state index contributed by atoms with van der Waals surface area (Å²) in [4.78, 5) is 26.2. The first-order chi connectivity index (χ1) is 9.08. The number of aromatic carboxylic acids is 1. The molecule has 0 aliphatic heterocycles. The lowest BCUT2D eigenvalue weighted by molar-refractivity contribution is 0.0690. The first-order valence-corrected chi connectivity index (χ1v) is 5.52. The summed E-state index contributed by atoms with van der Waals surface area (Å²) < 4.78 is 1.47. The van der Waals surface area contributed by atoms with E-state index in [1.165, 1.54) is 23.1 Å². The van der Waals surface area contributed by atoms with Gasteiger partial charge in [-0.2, -0.15) is 5.10 Å². The number of carboxylic acids is 1. The summed E-state index contributed by atoms with van der Waals surface area (Å²) in [5.41, 5.74) is 1.15. The molecule has 2 rings (SSSR count). The number of pyridine rings is 1. The van der Waals surface area contributed by atoms with Crippen molar-refractivity contribution in [2.24, 2.45) is 7.05 Å². The van der Waals surface area contributed by atoms with Gasteiger partial charge in [0.1, 0.15) is 11.4 Å². The van der Waals surface area contributed by atoms with Crippen LogP contribution in [-0.4, -0.2) is 31.7 Å². The Balaban J connectivity index is 1.97. The van der Waals surface area contributed by atoms with Gasteiger partial charge in [0.25, 0.3) is 5.91 Å². The zero-order chi connectivity index (χ0) is 13.8. The van der Waals surface area contributed by atoms with Gasteiger partial charge in [0.2, 0.25) is 0 Å². The molecule has 7 heteroatoms. The highest BCUT2D eigenvalue weighted by atomic mass is 16.4. The number of nitrogens with one attached hydrogen (secondary N) is 1. The number of hydrogen-bond acceptors (Lipinski definition) is 4. The molecule has 1 amide bonds. The van der Waals surface area contributed by atoms with Crippen LogP contribution in [0.2, 0.25) is 0 Å². The van der Waals surface area contributed by atoms with Crippen molar-refractivity contribution < 1.29 is 14.7 Å². The Morgan fingerprint density at radius 1 is 1.37 bits per heavy atom. The van der Waals surface area contributed by atoms with Crippen molar-refractivity contribution in [1.82, 2.24) is 20.1 Å². The highest BCUT2D eigenvalue weighted by Gasteiger charge is 2.09. The van der Waals surface area contributed by atoms with Crippen LogP contribution in [0.5, 0.6) is 0 Å². The second kappa shape index (κ2) is 5.30. The second-order valence-electron chi connectivity index (χ2n) is 3.88. The lowest BCUT2D eigenvalue weighted by Crippen LogP contribution is -2.25. The largest absolute Gasteiger partial charge is 0.477 e. The van der Waals surface area contributed by atoms with Crippen molar-refractivity contribution in [1.29, 1.82) is 0 Å². The van der Waals surface area contributed by atoms with Crippen LogP contribution < -0.4 is 5.32 Å². The summed E-state index contributed by atoms with van der Waals surface area (Å²) in [7, 11) is 1.68. The van der Waals surface area contributed by atoms with Gasteiger partial charge in [-0.05, 0) is 17.7 Å². The summed E-state index contributed by atoms with van der Waals surface area (Å²) in [5, 5.41) is 15.3. The van der Waals surface area contributed by atoms with Crippen molar-refractivity contribution in [2.45, 2.75) is 6.54 Å². The van der Waals surface area contributed by atoms with Crippen molar-refractivity contribution in [3.05, 3.63) is 47.5 Å². The molecule has 0 unspecified atom stereocenters. The van der Waals surface area contributed by atoms with Crippen LogP contribution in [-0.2, 0) is 13.6 Å². The van der Waals surface area contributed by atoms with Gasteiger partial charge < -0.3 is 10.4 Å². The van der Waals surface area contributed by atoms with Crippen LogP contribution in [0, 0.1) is 0 Å². The topological polar surface area (TPSA) is 97.1 Å². The first kappa shape index (κ1) is 12.7. The normalized spacial score (nSPS) is 10.2. The molecular weight excluding hydrogens is 248 g/mol. The van der Waals surface area contributed by atoms with Crippen LogP contribution in [0.3, 0.4) is 0 Å². The Labute approximate surface area is 108 Å². The van der Waals surface area contributed by atoms with Gasteiger partial charge >= 0.3 is 5.97 Å². The maximum atomic E-state index is 11.8. The zero-order valence-electron chi connectivity index (χ0n) is 10.2. The van der Waals surface area contributed by atoms with Crippen LogP contribution in [0.25, 0.3) is 0 Å². The molecule has 0 aliphatic rings. The number of carbonyl (C=O) groups excluding carboxylic acids is 1. The molecule has 2 aromatic rings. The highest BCUT2D eigenvalue weighted by molar-refractivity contribution is 5.92. The molecule has 2 N–H and O–H groups in total. The lowest BCUT2D eigenvalue weighted by atomic mass is 10.2. The predicted octanol–water partition coefficient (Wildman–Crippen LogP) is 0.443. The van der Waals surface area contributed by atoms with E-state index in [9.17, 15) is 9.59 Å². The van der Waals surface area contributed by atoms with Gasteiger partial charge in [0.05, 0.1) is 0 Å². The minimum absolute atomic E-state index is 0.0262. The van der Waals surface area contributed by atoms with Crippen molar-refractivity contribution in [3.8, 4) is 0 Å². The molecule has 0 aromatic carbocycles. The average Bonchev–Trinajstić information content (AvgIpc) is 2.83. The Hall–Kier alpha value is -2.70. The molecule has 0 radical (unpaired) electrons. The van der Waals surface area contributed by atoms with E-state index in [0.29, 0.717) is 5.69 Å². The fourth-order valence-corrected chi connectivity index (χ4v) is 1.53. The Kier molecular flexibility index (Phi) is 3.56. The molecule has 7 nitrogen and oxygen atoms in total. The summed E-state index contributed by atoms with van der Waals surface area (Å²) >= 11 is 0. The first-order valence-electron chi connectivity index (χ1n) is 5.52. The van der Waals surface area contributed by atoms with Crippen molar-refractivity contribution in [2.75, 3.05) is 0 Å². The van der Waals surface area contributed by atoms with E-state index in [-0.39, 0.29) is 18.1 Å². The highest BCUT2D eigenvalue weighted by Crippen LogP contribution is 2.01. The number of carboxylic acid groups (broad SMARTS) is 1. The third-order valence-electron chi connectivity index (χ3n) is 2.55. The molecule has 0 saturated heterocycles. The number of aryl methyl sites for hydroxylation is 1. The van der Waals surface area contributed by atoms with Crippen LogP contribution >= 0.6 is 0 Å². The van der Waals surface area contributed by atoms with Gasteiger partial charge in [-0.15, -0.1) is 0 Å². The van der Waals surface area contributed by atoms with Gasteiger partial charge in [0.15, 0.2) is 0 Å². The van der Waals surface area contributed by atoms with Crippen LogP contribution in [0.1, 0.15) is 26.5 Å². The van der Waals surface area contributed by atoms with E-state index in [2.05, 4.69) is 15.4 Å². The van der Waals surface area contributed by atoms with E-state index >= 15 is 0 Å². The SMILES string of the molecule is Cn1nccc1C(=O)NCc1ccc(C(=O)O)nc1. The van der Waals surface area contributed by atoms with Crippen LogP contribution in [0.4, 0.5) is 0 Å². The number of aromatic nitrogens is 3. The Morgan fingerprint density at radius 2 is 2.16 bits per heavy atom. The van der Waals surface area contributed by atoms with E-state index in [1.54, 1.807) is 19.2 Å². The molecule has 0 aliphatic carbocycles. The zero-order valence-corrected chi connectivity index (χ0v) is 10.2. The van der Waals surface area contributed by atoms with E-state index in [0.717, 1.165) is 5.56 Å². The fraction of sp³-hybridized carbons (Fsp3) is 0.167. The Bertz CT molecular complexity index is 604. The Morgan fingerprint density at radius 3 is 2.68 bits per heavy atom. The molecule has 0 saturated carbocycles. The van der Waals surface area contributed by atoms with Crippen molar-refractivity contribution in [3.63, 3.8) is 0 Å².